The van der Waals surface area contributed by atoms with Crippen molar-refractivity contribution in [2.75, 3.05) is 18.4 Å². The summed E-state index contributed by atoms with van der Waals surface area (Å²) in [6.45, 7) is 5.63. The van der Waals surface area contributed by atoms with Gasteiger partial charge in [0.05, 0.1) is 12.2 Å². The van der Waals surface area contributed by atoms with E-state index in [9.17, 15) is 13.6 Å². The normalized spacial score (nSPS) is 11.1. The molecule has 0 aliphatic carbocycles. The fourth-order valence-corrected chi connectivity index (χ4v) is 3.06. The second-order valence-corrected chi connectivity index (χ2v) is 6.68. The van der Waals surface area contributed by atoms with Gasteiger partial charge in [-0.05, 0) is 36.7 Å². The molecule has 2 rings (SSSR count). The Hall–Kier alpha value is -1.92. The van der Waals surface area contributed by atoms with Crippen LogP contribution in [0.3, 0.4) is 0 Å². The van der Waals surface area contributed by atoms with Crippen molar-refractivity contribution in [2.45, 2.75) is 31.0 Å². The highest BCUT2D eigenvalue weighted by molar-refractivity contribution is 7.99. The molecule has 0 heterocycles. The molecule has 0 saturated heterocycles. The van der Waals surface area contributed by atoms with Crippen LogP contribution in [0.25, 0.3) is 0 Å². The molecule has 2 aromatic carbocycles. The lowest BCUT2D eigenvalue weighted by Crippen LogP contribution is -2.33. The van der Waals surface area contributed by atoms with Gasteiger partial charge in [-0.3, -0.25) is 9.69 Å². The van der Waals surface area contributed by atoms with Crippen LogP contribution in [0.2, 0.25) is 0 Å². The SMILES string of the molecule is CCN(CC(=O)Nc1ccccc1SC(F)F)Cc1ccccc1C. The number of anilines is 1. The molecule has 0 saturated carbocycles. The van der Waals surface area contributed by atoms with E-state index in [1.807, 2.05) is 43.0 Å². The van der Waals surface area contributed by atoms with Crippen molar-refractivity contribution in [3.8, 4) is 0 Å². The molecule has 0 aliphatic heterocycles. The highest BCUT2D eigenvalue weighted by Gasteiger charge is 2.14. The molecule has 0 bridgehead atoms. The Labute approximate surface area is 151 Å². The van der Waals surface area contributed by atoms with E-state index in [1.165, 1.54) is 11.1 Å². The van der Waals surface area contributed by atoms with E-state index in [0.717, 1.165) is 6.54 Å². The topological polar surface area (TPSA) is 32.3 Å². The summed E-state index contributed by atoms with van der Waals surface area (Å²) in [6.07, 6.45) is 0. The molecule has 1 N–H and O–H groups in total. The monoisotopic (exact) mass is 364 g/mol. The number of hydrogen-bond acceptors (Lipinski definition) is 3. The molecule has 0 fully saturated rings. The minimum atomic E-state index is -2.52. The Morgan fingerprint density at radius 1 is 1.16 bits per heavy atom. The van der Waals surface area contributed by atoms with Gasteiger partial charge in [0.25, 0.3) is 5.76 Å². The third-order valence-corrected chi connectivity index (χ3v) is 4.63. The van der Waals surface area contributed by atoms with Crippen molar-refractivity contribution in [3.05, 3.63) is 59.7 Å². The van der Waals surface area contributed by atoms with Crippen LogP contribution in [0.1, 0.15) is 18.1 Å². The van der Waals surface area contributed by atoms with E-state index in [0.29, 0.717) is 28.9 Å². The summed E-state index contributed by atoms with van der Waals surface area (Å²) >= 11 is 0.435. The number of benzene rings is 2. The molecule has 134 valence electrons. The quantitative estimate of drug-likeness (QED) is 0.685. The molecule has 0 unspecified atom stereocenters. The Morgan fingerprint density at radius 2 is 1.84 bits per heavy atom. The number of alkyl halides is 2. The summed E-state index contributed by atoms with van der Waals surface area (Å²) in [5.41, 5.74) is 2.77. The molecular formula is C19H22F2N2OS. The average Bonchev–Trinajstić information content (AvgIpc) is 2.57. The molecule has 0 aromatic heterocycles. The van der Waals surface area contributed by atoms with Crippen LogP contribution >= 0.6 is 11.8 Å². The second-order valence-electron chi connectivity index (χ2n) is 5.65. The lowest BCUT2D eigenvalue weighted by molar-refractivity contribution is -0.117. The first kappa shape index (κ1) is 19.4. The fourth-order valence-electron chi connectivity index (χ4n) is 2.47. The van der Waals surface area contributed by atoms with Crippen LogP contribution in [-0.4, -0.2) is 29.7 Å². The first-order valence-electron chi connectivity index (χ1n) is 8.10. The maximum absolute atomic E-state index is 12.6. The number of nitrogens with one attached hydrogen (secondary N) is 1. The third kappa shape index (κ3) is 6.14. The molecule has 0 aliphatic rings. The smallest absolute Gasteiger partial charge is 0.288 e. The summed E-state index contributed by atoms with van der Waals surface area (Å²) in [7, 11) is 0. The van der Waals surface area contributed by atoms with E-state index in [1.54, 1.807) is 24.3 Å². The third-order valence-electron chi connectivity index (χ3n) is 3.85. The lowest BCUT2D eigenvalue weighted by atomic mass is 10.1. The predicted octanol–water partition coefficient (Wildman–Crippen LogP) is 4.77. The van der Waals surface area contributed by atoms with Crippen LogP contribution in [0, 0.1) is 6.92 Å². The van der Waals surface area contributed by atoms with Gasteiger partial charge in [-0.25, -0.2) is 0 Å². The first-order valence-corrected chi connectivity index (χ1v) is 8.98. The van der Waals surface area contributed by atoms with Gasteiger partial charge in [0.2, 0.25) is 5.91 Å². The fraction of sp³-hybridized carbons (Fsp3) is 0.316. The average molecular weight is 364 g/mol. The summed E-state index contributed by atoms with van der Waals surface area (Å²) < 4.78 is 25.2. The number of carbonyl (C=O) groups excluding carboxylic acids is 1. The van der Waals surface area contributed by atoms with Gasteiger partial charge >= 0.3 is 0 Å². The van der Waals surface area contributed by atoms with Crippen LogP contribution in [0.15, 0.2) is 53.4 Å². The Kier molecular flexibility index (Phi) is 7.40. The van der Waals surface area contributed by atoms with Crippen LogP contribution in [0.4, 0.5) is 14.5 Å². The van der Waals surface area contributed by atoms with Crippen molar-refractivity contribution in [3.63, 3.8) is 0 Å². The summed E-state index contributed by atoms with van der Waals surface area (Å²) in [4.78, 5) is 14.7. The van der Waals surface area contributed by atoms with Crippen molar-refractivity contribution < 1.29 is 13.6 Å². The van der Waals surface area contributed by atoms with Crippen LogP contribution in [-0.2, 0) is 11.3 Å². The zero-order valence-corrected chi connectivity index (χ0v) is 15.2. The largest absolute Gasteiger partial charge is 0.324 e. The van der Waals surface area contributed by atoms with E-state index in [-0.39, 0.29) is 12.5 Å². The maximum atomic E-state index is 12.6. The lowest BCUT2D eigenvalue weighted by Gasteiger charge is -2.21. The predicted molar refractivity (Wildman–Crippen MR) is 99.1 cm³/mol. The van der Waals surface area contributed by atoms with Gasteiger partial charge in [0, 0.05) is 11.4 Å². The highest BCUT2D eigenvalue weighted by Crippen LogP contribution is 2.31. The Bertz CT molecular complexity index is 709. The number of aryl methyl sites for hydroxylation is 1. The standard InChI is InChI=1S/C19H22F2N2OS/c1-3-23(12-15-9-5-4-8-14(15)2)13-18(24)22-16-10-6-7-11-17(16)25-19(20)21/h4-11,19H,3,12-13H2,1-2H3,(H,22,24). The number of likely N-dealkylation sites (N-methyl/N-ethyl adjacent to an activating group) is 1. The van der Waals surface area contributed by atoms with Crippen LogP contribution in [0.5, 0.6) is 0 Å². The first-order chi connectivity index (χ1) is 12.0. The molecule has 1 amide bonds. The molecule has 0 atom stereocenters. The molecule has 3 nitrogen and oxygen atoms in total. The van der Waals surface area contributed by atoms with Crippen molar-refractivity contribution >= 4 is 23.4 Å². The van der Waals surface area contributed by atoms with Crippen molar-refractivity contribution in [2.24, 2.45) is 0 Å². The highest BCUT2D eigenvalue weighted by atomic mass is 32.2. The Balaban J connectivity index is 2.00. The van der Waals surface area contributed by atoms with E-state index < -0.39 is 5.76 Å². The number of halogens is 2. The zero-order valence-electron chi connectivity index (χ0n) is 14.3. The number of carbonyl (C=O) groups is 1. The molecule has 0 spiro atoms. The zero-order chi connectivity index (χ0) is 18.2. The van der Waals surface area contributed by atoms with Gasteiger partial charge in [0.1, 0.15) is 0 Å². The number of amides is 1. The van der Waals surface area contributed by atoms with Gasteiger partial charge in [-0.1, -0.05) is 55.1 Å². The number of hydrogen-bond donors (Lipinski definition) is 1. The van der Waals surface area contributed by atoms with Crippen molar-refractivity contribution in [1.82, 2.24) is 4.90 Å². The maximum Gasteiger partial charge on any atom is 0.288 e. The van der Waals surface area contributed by atoms with Gasteiger partial charge in [-0.2, -0.15) is 8.78 Å². The second kappa shape index (κ2) is 9.53. The van der Waals surface area contributed by atoms with Gasteiger partial charge in [-0.15, -0.1) is 0 Å². The minimum Gasteiger partial charge on any atom is -0.324 e. The molecule has 6 heteroatoms. The molecule has 2 aromatic rings. The molecule has 25 heavy (non-hydrogen) atoms. The van der Waals surface area contributed by atoms with Crippen molar-refractivity contribution in [1.29, 1.82) is 0 Å². The number of para-hydroxylation sites is 1. The summed E-state index contributed by atoms with van der Waals surface area (Å²) in [5.74, 6) is -2.73. The number of rotatable bonds is 8. The summed E-state index contributed by atoms with van der Waals surface area (Å²) in [6, 6.07) is 14.7. The van der Waals surface area contributed by atoms with Gasteiger partial charge < -0.3 is 5.32 Å². The minimum absolute atomic E-state index is 0.207. The molecule has 0 radical (unpaired) electrons. The number of nitrogens with zero attached hydrogens (tertiary/aromatic N) is 1. The van der Waals surface area contributed by atoms with Crippen LogP contribution < -0.4 is 5.32 Å². The van der Waals surface area contributed by atoms with E-state index in [4.69, 9.17) is 0 Å². The van der Waals surface area contributed by atoms with E-state index >= 15 is 0 Å². The number of thioether (sulfide) groups is 1. The van der Waals surface area contributed by atoms with E-state index in [2.05, 4.69) is 5.32 Å². The summed E-state index contributed by atoms with van der Waals surface area (Å²) in [5, 5.41) is 2.75. The van der Waals surface area contributed by atoms with Gasteiger partial charge in [0.15, 0.2) is 0 Å². The Morgan fingerprint density at radius 3 is 2.52 bits per heavy atom. The molecular weight excluding hydrogens is 342 g/mol.